The summed E-state index contributed by atoms with van der Waals surface area (Å²) in [4.78, 5) is 39.8. The summed E-state index contributed by atoms with van der Waals surface area (Å²) in [5.41, 5.74) is 2.96. The molecular weight excluding hydrogens is 346 g/mol. The molecule has 1 N–H and O–H groups in total. The van der Waals surface area contributed by atoms with Crippen molar-refractivity contribution >= 4 is 23.6 Å². The van der Waals surface area contributed by atoms with Gasteiger partial charge in [0.15, 0.2) is 0 Å². The summed E-state index contributed by atoms with van der Waals surface area (Å²) in [5.74, 6) is -0.522. The minimum Gasteiger partial charge on any atom is -0.450 e. The summed E-state index contributed by atoms with van der Waals surface area (Å²) >= 11 is 0. The number of nitrogens with one attached hydrogen (secondary N) is 1. The Morgan fingerprint density at radius 2 is 1.52 bits per heavy atom. The van der Waals surface area contributed by atoms with Gasteiger partial charge in [0.05, 0.1) is 6.61 Å². The van der Waals surface area contributed by atoms with Gasteiger partial charge in [-0.3, -0.25) is 9.59 Å². The maximum atomic E-state index is 12.4. The highest BCUT2D eigenvalue weighted by Gasteiger charge is 2.26. The molecule has 1 aromatic carbocycles. The molecule has 3 amide bonds. The summed E-state index contributed by atoms with van der Waals surface area (Å²) in [5, 5.41) is 2.92. The van der Waals surface area contributed by atoms with Crippen LogP contribution in [0.2, 0.25) is 0 Å². The number of ether oxygens (including phenoxy) is 1. The summed E-state index contributed by atoms with van der Waals surface area (Å²) < 4.78 is 4.97. The van der Waals surface area contributed by atoms with Crippen molar-refractivity contribution in [3.63, 3.8) is 0 Å². The van der Waals surface area contributed by atoms with E-state index in [1.165, 1.54) is 0 Å². The Balaban J connectivity index is 1.90. The van der Waals surface area contributed by atoms with Crippen molar-refractivity contribution in [3.8, 4) is 0 Å². The van der Waals surface area contributed by atoms with Crippen LogP contribution in [0, 0.1) is 0 Å². The van der Waals surface area contributed by atoms with E-state index in [-0.39, 0.29) is 24.3 Å². The molecule has 7 nitrogen and oxygen atoms in total. The molecule has 0 unspecified atom stereocenters. The highest BCUT2D eigenvalue weighted by molar-refractivity contribution is 6.04. The van der Waals surface area contributed by atoms with Crippen molar-refractivity contribution in [1.29, 1.82) is 0 Å². The summed E-state index contributed by atoms with van der Waals surface area (Å²) in [6.45, 7) is 7.84. The largest absolute Gasteiger partial charge is 0.450 e. The molecule has 0 saturated carbocycles. The van der Waals surface area contributed by atoms with Crippen LogP contribution >= 0.6 is 0 Å². The molecule has 0 aromatic heterocycles. The molecule has 2 rings (SSSR count). The Bertz CT molecular complexity index is 660. The fraction of sp³-hybridized carbons (Fsp3) is 0.550. The number of para-hydroxylation sites is 1. The standard InChI is InChI=1S/C20H29N3O4/c1-4-15-8-7-9-16(5-2)19(15)21-17(24)14-18(25)22-10-12-23(13-11-22)20(26)27-6-3/h7-9H,4-6,10-14H2,1-3H3,(H,21,24). The van der Waals surface area contributed by atoms with E-state index in [4.69, 9.17) is 4.74 Å². The predicted octanol–water partition coefficient (Wildman–Crippen LogP) is 2.44. The van der Waals surface area contributed by atoms with Gasteiger partial charge in [-0.2, -0.15) is 0 Å². The summed E-state index contributed by atoms with van der Waals surface area (Å²) in [7, 11) is 0. The maximum Gasteiger partial charge on any atom is 0.409 e. The molecule has 1 aromatic rings. The van der Waals surface area contributed by atoms with E-state index in [9.17, 15) is 14.4 Å². The van der Waals surface area contributed by atoms with Gasteiger partial charge >= 0.3 is 6.09 Å². The number of nitrogens with zero attached hydrogens (tertiary/aromatic N) is 2. The van der Waals surface area contributed by atoms with Crippen LogP contribution in [-0.4, -0.2) is 60.5 Å². The Hall–Kier alpha value is -2.57. The Kier molecular flexibility index (Phi) is 7.64. The van der Waals surface area contributed by atoms with E-state index in [0.29, 0.717) is 32.8 Å². The number of benzene rings is 1. The zero-order chi connectivity index (χ0) is 19.8. The SMILES string of the molecule is CCOC(=O)N1CCN(C(=O)CC(=O)Nc2c(CC)cccc2CC)CC1. The Morgan fingerprint density at radius 1 is 0.963 bits per heavy atom. The van der Waals surface area contributed by atoms with E-state index in [0.717, 1.165) is 29.7 Å². The van der Waals surface area contributed by atoms with Gasteiger partial charge in [0.1, 0.15) is 6.42 Å². The van der Waals surface area contributed by atoms with Crippen LogP contribution in [0.5, 0.6) is 0 Å². The van der Waals surface area contributed by atoms with Gasteiger partial charge in [-0.25, -0.2) is 4.79 Å². The first kappa shape index (κ1) is 20.7. The van der Waals surface area contributed by atoms with Crippen LogP contribution in [0.25, 0.3) is 0 Å². The molecule has 148 valence electrons. The topological polar surface area (TPSA) is 79.0 Å². The number of hydrogen-bond acceptors (Lipinski definition) is 4. The van der Waals surface area contributed by atoms with Gasteiger partial charge < -0.3 is 19.9 Å². The lowest BCUT2D eigenvalue weighted by Gasteiger charge is -2.34. The summed E-state index contributed by atoms with van der Waals surface area (Å²) in [6, 6.07) is 5.97. The molecule has 0 radical (unpaired) electrons. The van der Waals surface area contributed by atoms with Crippen LogP contribution < -0.4 is 5.32 Å². The minimum absolute atomic E-state index is 0.194. The van der Waals surface area contributed by atoms with E-state index in [1.807, 2.05) is 32.0 Å². The fourth-order valence-electron chi connectivity index (χ4n) is 3.19. The number of carbonyl (C=O) groups is 3. The average Bonchev–Trinajstić information content (AvgIpc) is 2.68. The molecule has 7 heteroatoms. The highest BCUT2D eigenvalue weighted by atomic mass is 16.6. The van der Waals surface area contributed by atoms with Crippen LogP contribution in [0.1, 0.15) is 38.3 Å². The molecule has 0 bridgehead atoms. The highest BCUT2D eigenvalue weighted by Crippen LogP contribution is 2.22. The number of hydrogen-bond donors (Lipinski definition) is 1. The predicted molar refractivity (Wildman–Crippen MR) is 104 cm³/mol. The minimum atomic E-state index is -0.356. The van der Waals surface area contributed by atoms with Gasteiger partial charge in [0, 0.05) is 31.9 Å². The third kappa shape index (κ3) is 5.45. The zero-order valence-corrected chi connectivity index (χ0v) is 16.4. The molecule has 1 fully saturated rings. The van der Waals surface area contributed by atoms with Gasteiger partial charge in [-0.05, 0) is 30.9 Å². The number of amides is 3. The molecule has 1 saturated heterocycles. The van der Waals surface area contributed by atoms with Crippen molar-refractivity contribution in [1.82, 2.24) is 9.80 Å². The van der Waals surface area contributed by atoms with E-state index in [1.54, 1.807) is 16.7 Å². The average molecular weight is 375 g/mol. The third-order valence-corrected chi connectivity index (χ3v) is 4.73. The maximum absolute atomic E-state index is 12.4. The molecule has 1 heterocycles. The Morgan fingerprint density at radius 3 is 2.04 bits per heavy atom. The van der Waals surface area contributed by atoms with Gasteiger partial charge in [-0.1, -0.05) is 32.0 Å². The third-order valence-electron chi connectivity index (χ3n) is 4.73. The van der Waals surface area contributed by atoms with Crippen LogP contribution in [0.15, 0.2) is 18.2 Å². The lowest BCUT2D eigenvalue weighted by molar-refractivity contribution is -0.135. The first-order valence-electron chi connectivity index (χ1n) is 9.60. The molecular formula is C20H29N3O4. The Labute approximate surface area is 160 Å². The molecule has 0 spiro atoms. The normalized spacial score (nSPS) is 14.0. The monoisotopic (exact) mass is 375 g/mol. The quantitative estimate of drug-likeness (QED) is 0.775. The number of piperazine rings is 1. The second-order valence-electron chi connectivity index (χ2n) is 6.45. The van der Waals surface area contributed by atoms with Gasteiger partial charge in [0.2, 0.25) is 11.8 Å². The molecule has 0 aliphatic carbocycles. The number of anilines is 1. The van der Waals surface area contributed by atoms with Crippen molar-refractivity contribution in [2.75, 3.05) is 38.1 Å². The first-order chi connectivity index (χ1) is 13.0. The van der Waals surface area contributed by atoms with Crippen molar-refractivity contribution in [3.05, 3.63) is 29.3 Å². The van der Waals surface area contributed by atoms with Crippen molar-refractivity contribution < 1.29 is 19.1 Å². The van der Waals surface area contributed by atoms with Crippen molar-refractivity contribution in [2.45, 2.75) is 40.0 Å². The molecule has 27 heavy (non-hydrogen) atoms. The van der Waals surface area contributed by atoms with Crippen LogP contribution in [-0.2, 0) is 27.2 Å². The fourth-order valence-corrected chi connectivity index (χ4v) is 3.19. The van der Waals surface area contributed by atoms with E-state index in [2.05, 4.69) is 5.32 Å². The zero-order valence-electron chi connectivity index (χ0n) is 16.4. The lowest BCUT2D eigenvalue weighted by atomic mass is 10.0. The van der Waals surface area contributed by atoms with E-state index < -0.39 is 0 Å². The number of aryl methyl sites for hydroxylation is 2. The van der Waals surface area contributed by atoms with E-state index >= 15 is 0 Å². The lowest BCUT2D eigenvalue weighted by Crippen LogP contribution is -2.51. The molecule has 1 aliphatic rings. The van der Waals surface area contributed by atoms with Crippen LogP contribution in [0.4, 0.5) is 10.5 Å². The van der Waals surface area contributed by atoms with Crippen molar-refractivity contribution in [2.24, 2.45) is 0 Å². The first-order valence-corrected chi connectivity index (χ1v) is 9.60. The van der Waals surface area contributed by atoms with Gasteiger partial charge in [-0.15, -0.1) is 0 Å². The number of rotatable bonds is 6. The smallest absolute Gasteiger partial charge is 0.409 e. The number of carbonyl (C=O) groups excluding carboxylic acids is 3. The molecule has 0 atom stereocenters. The van der Waals surface area contributed by atoms with Gasteiger partial charge in [0.25, 0.3) is 0 Å². The van der Waals surface area contributed by atoms with Crippen LogP contribution in [0.3, 0.4) is 0 Å². The summed E-state index contributed by atoms with van der Waals surface area (Å²) in [6.07, 6.45) is 1.08. The second kappa shape index (κ2) is 9.94. The second-order valence-corrected chi connectivity index (χ2v) is 6.45. The molecule has 1 aliphatic heterocycles.